The third-order valence-electron chi connectivity index (χ3n) is 5.42. The van der Waals surface area contributed by atoms with Crippen molar-refractivity contribution in [1.29, 1.82) is 0 Å². The van der Waals surface area contributed by atoms with E-state index in [4.69, 9.17) is 9.72 Å². The van der Waals surface area contributed by atoms with Gasteiger partial charge in [-0.1, -0.05) is 18.2 Å². The number of benzene rings is 1. The molecule has 4 rings (SSSR count). The number of fused-ring (bicyclic) bond motifs is 1. The van der Waals surface area contributed by atoms with Crippen molar-refractivity contribution >= 4 is 5.95 Å². The van der Waals surface area contributed by atoms with Gasteiger partial charge in [0, 0.05) is 50.3 Å². The zero-order chi connectivity index (χ0) is 17.9. The molecule has 0 unspecified atom stereocenters. The first-order chi connectivity index (χ1) is 12.7. The van der Waals surface area contributed by atoms with Crippen LogP contribution < -0.4 is 15.2 Å². The molecule has 6 heteroatoms. The van der Waals surface area contributed by atoms with Crippen molar-refractivity contribution < 1.29 is 4.74 Å². The minimum absolute atomic E-state index is 0.0380. The minimum Gasteiger partial charge on any atom is -0.496 e. The number of aromatic nitrogens is 2. The van der Waals surface area contributed by atoms with E-state index in [0.717, 1.165) is 68.5 Å². The number of para-hydroxylation sites is 1. The van der Waals surface area contributed by atoms with Gasteiger partial charge >= 0.3 is 0 Å². The maximum absolute atomic E-state index is 12.6. The van der Waals surface area contributed by atoms with E-state index in [1.807, 2.05) is 18.2 Å². The van der Waals surface area contributed by atoms with Crippen molar-refractivity contribution in [2.45, 2.75) is 32.2 Å². The Morgan fingerprint density at radius 3 is 2.69 bits per heavy atom. The van der Waals surface area contributed by atoms with Gasteiger partial charge in [0.1, 0.15) is 5.75 Å². The van der Waals surface area contributed by atoms with Crippen molar-refractivity contribution in [1.82, 2.24) is 14.9 Å². The monoisotopic (exact) mass is 354 g/mol. The van der Waals surface area contributed by atoms with Crippen LogP contribution in [0.1, 0.15) is 29.7 Å². The lowest BCUT2D eigenvalue weighted by atomic mass is 10.1. The van der Waals surface area contributed by atoms with Crippen LogP contribution in [0.2, 0.25) is 0 Å². The minimum atomic E-state index is 0.0380. The lowest BCUT2D eigenvalue weighted by Gasteiger charge is -2.20. The van der Waals surface area contributed by atoms with Crippen molar-refractivity contribution in [3.05, 3.63) is 51.4 Å². The lowest BCUT2D eigenvalue weighted by molar-refractivity contribution is 0.273. The second-order valence-electron chi connectivity index (χ2n) is 7.10. The topological polar surface area (TPSA) is 61.5 Å². The smallest absolute Gasteiger partial charge is 0.255 e. The highest BCUT2D eigenvalue weighted by molar-refractivity contribution is 5.36. The van der Waals surface area contributed by atoms with Crippen LogP contribution in [0.25, 0.3) is 0 Å². The van der Waals surface area contributed by atoms with Crippen molar-refractivity contribution in [2.75, 3.05) is 38.2 Å². The van der Waals surface area contributed by atoms with Crippen LogP contribution in [0.4, 0.5) is 5.95 Å². The van der Waals surface area contributed by atoms with Gasteiger partial charge in [-0.15, -0.1) is 0 Å². The Bertz CT molecular complexity index is 827. The number of anilines is 1. The van der Waals surface area contributed by atoms with Gasteiger partial charge in [-0.3, -0.25) is 14.7 Å². The van der Waals surface area contributed by atoms with Crippen molar-refractivity contribution in [3.8, 4) is 5.75 Å². The molecule has 1 saturated heterocycles. The third kappa shape index (κ3) is 3.46. The molecule has 26 heavy (non-hydrogen) atoms. The van der Waals surface area contributed by atoms with Gasteiger partial charge in [0.25, 0.3) is 5.56 Å². The molecule has 2 aromatic rings. The average molecular weight is 354 g/mol. The molecule has 6 nitrogen and oxygen atoms in total. The maximum atomic E-state index is 12.6. The van der Waals surface area contributed by atoms with E-state index in [1.54, 1.807) is 7.11 Å². The molecule has 2 aliphatic rings. The summed E-state index contributed by atoms with van der Waals surface area (Å²) in [4.78, 5) is 25.0. The van der Waals surface area contributed by atoms with Gasteiger partial charge in [-0.05, 0) is 25.3 Å². The van der Waals surface area contributed by atoms with Gasteiger partial charge in [0.15, 0.2) is 0 Å². The fourth-order valence-electron chi connectivity index (χ4n) is 3.95. The number of rotatable bonds is 4. The second-order valence-corrected chi connectivity index (χ2v) is 7.10. The Labute approximate surface area is 153 Å². The summed E-state index contributed by atoms with van der Waals surface area (Å²) < 4.78 is 5.47. The van der Waals surface area contributed by atoms with E-state index >= 15 is 0 Å². The molecular weight excluding hydrogens is 328 g/mol. The van der Waals surface area contributed by atoms with E-state index in [2.05, 4.69) is 20.9 Å². The third-order valence-corrected chi connectivity index (χ3v) is 5.42. The number of hydrogen-bond acceptors (Lipinski definition) is 5. The van der Waals surface area contributed by atoms with Gasteiger partial charge in [0.05, 0.1) is 12.8 Å². The zero-order valence-corrected chi connectivity index (χ0v) is 15.3. The van der Waals surface area contributed by atoms with E-state index < -0.39 is 0 Å². The molecule has 2 aliphatic heterocycles. The Balaban J connectivity index is 1.51. The largest absolute Gasteiger partial charge is 0.496 e. The Morgan fingerprint density at radius 2 is 1.88 bits per heavy atom. The zero-order valence-electron chi connectivity index (χ0n) is 15.3. The van der Waals surface area contributed by atoms with Gasteiger partial charge in [-0.25, -0.2) is 4.98 Å². The number of ether oxygens (including phenoxy) is 1. The summed E-state index contributed by atoms with van der Waals surface area (Å²) in [5, 5.41) is 0. The van der Waals surface area contributed by atoms with Crippen molar-refractivity contribution in [3.63, 3.8) is 0 Å². The van der Waals surface area contributed by atoms with Crippen LogP contribution in [-0.2, 0) is 19.4 Å². The molecule has 1 N–H and O–H groups in total. The molecule has 0 saturated carbocycles. The quantitative estimate of drug-likeness (QED) is 0.910. The van der Waals surface area contributed by atoms with E-state index in [-0.39, 0.29) is 5.56 Å². The fraction of sp³-hybridized carbons (Fsp3) is 0.500. The summed E-state index contributed by atoms with van der Waals surface area (Å²) in [6.07, 6.45) is 3.91. The normalized spacial score (nSPS) is 17.8. The van der Waals surface area contributed by atoms with Crippen LogP contribution in [0.3, 0.4) is 0 Å². The van der Waals surface area contributed by atoms with Gasteiger partial charge in [-0.2, -0.15) is 0 Å². The van der Waals surface area contributed by atoms with Crippen LogP contribution in [0.15, 0.2) is 29.1 Å². The molecule has 0 bridgehead atoms. The van der Waals surface area contributed by atoms with Crippen LogP contribution >= 0.6 is 0 Å². The summed E-state index contributed by atoms with van der Waals surface area (Å²) in [5.41, 5.74) is 3.05. The second kappa shape index (κ2) is 7.50. The average Bonchev–Trinajstić information content (AvgIpc) is 3.12. The van der Waals surface area contributed by atoms with Crippen LogP contribution in [0.5, 0.6) is 5.75 Å². The summed E-state index contributed by atoms with van der Waals surface area (Å²) in [6.45, 7) is 4.57. The SMILES string of the molecule is COc1ccccc1CN1CCc2nc(N3CCCC3)[nH]c(=O)c2CC1. The summed E-state index contributed by atoms with van der Waals surface area (Å²) in [6, 6.07) is 8.13. The number of aromatic amines is 1. The first-order valence-corrected chi connectivity index (χ1v) is 9.46. The molecule has 1 aromatic heterocycles. The van der Waals surface area contributed by atoms with E-state index in [0.29, 0.717) is 0 Å². The Hall–Kier alpha value is -2.34. The first-order valence-electron chi connectivity index (χ1n) is 9.46. The fourth-order valence-corrected chi connectivity index (χ4v) is 3.95. The summed E-state index contributed by atoms with van der Waals surface area (Å²) in [7, 11) is 1.71. The lowest BCUT2D eigenvalue weighted by Crippen LogP contribution is -2.27. The molecule has 138 valence electrons. The predicted octanol–water partition coefficient (Wildman–Crippen LogP) is 1.98. The number of nitrogens with zero attached hydrogens (tertiary/aromatic N) is 3. The molecule has 1 aromatic carbocycles. The predicted molar refractivity (Wildman–Crippen MR) is 102 cm³/mol. The standard InChI is InChI=1S/C20H26N4O2/c1-26-18-7-3-2-6-15(18)14-23-12-8-16-17(9-13-23)21-20(22-19(16)25)24-10-4-5-11-24/h2-3,6-7H,4-5,8-14H2,1H3,(H,21,22,25). The number of methoxy groups -OCH3 is 1. The molecule has 0 atom stereocenters. The number of hydrogen-bond donors (Lipinski definition) is 1. The van der Waals surface area contributed by atoms with E-state index in [9.17, 15) is 4.79 Å². The Morgan fingerprint density at radius 1 is 1.12 bits per heavy atom. The van der Waals surface area contributed by atoms with Crippen LogP contribution in [-0.4, -0.2) is 48.2 Å². The molecule has 0 spiro atoms. The van der Waals surface area contributed by atoms with Crippen molar-refractivity contribution in [2.24, 2.45) is 0 Å². The first kappa shape index (κ1) is 17.1. The van der Waals surface area contributed by atoms with Gasteiger partial charge < -0.3 is 9.64 Å². The molecule has 0 amide bonds. The molecule has 0 aliphatic carbocycles. The molecule has 1 fully saturated rings. The number of nitrogens with one attached hydrogen (secondary N) is 1. The van der Waals surface area contributed by atoms with Gasteiger partial charge in [0.2, 0.25) is 5.95 Å². The number of H-pyrrole nitrogens is 1. The molecular formula is C20H26N4O2. The highest BCUT2D eigenvalue weighted by Gasteiger charge is 2.22. The summed E-state index contributed by atoms with van der Waals surface area (Å²) >= 11 is 0. The highest BCUT2D eigenvalue weighted by atomic mass is 16.5. The maximum Gasteiger partial charge on any atom is 0.255 e. The summed E-state index contributed by atoms with van der Waals surface area (Å²) in [5.74, 6) is 1.67. The van der Waals surface area contributed by atoms with E-state index in [1.165, 1.54) is 18.4 Å². The molecule has 0 radical (unpaired) electrons. The van der Waals surface area contributed by atoms with Crippen LogP contribution in [0, 0.1) is 0 Å². The molecule has 3 heterocycles. The highest BCUT2D eigenvalue weighted by Crippen LogP contribution is 2.22. The Kier molecular flexibility index (Phi) is 4.93.